The zero-order valence-electron chi connectivity index (χ0n) is 10.9. The molecule has 0 aromatic heterocycles. The lowest BCUT2D eigenvalue weighted by atomic mass is 9.97. The summed E-state index contributed by atoms with van der Waals surface area (Å²) in [5.41, 5.74) is 5.98. The molecule has 2 heterocycles. The first-order chi connectivity index (χ1) is 8.16. The number of nitrogens with zero attached hydrogens (tertiary/aromatic N) is 2. The molecule has 1 unspecified atom stereocenters. The van der Waals surface area contributed by atoms with Gasteiger partial charge >= 0.3 is 0 Å². The Hall–Kier alpha value is -1.28. The first kappa shape index (κ1) is 10.8. The van der Waals surface area contributed by atoms with Crippen LogP contribution in [0.1, 0.15) is 13.3 Å². The maximum atomic E-state index is 2.46. The predicted octanol–water partition coefficient (Wildman–Crippen LogP) is 2.33. The molecule has 0 bridgehead atoms. The number of rotatable bonds is 0. The molecule has 2 heteroatoms. The monoisotopic (exact) mass is 228 g/mol. The second kappa shape index (κ2) is 3.88. The zero-order chi connectivity index (χ0) is 12.0. The first-order valence-electron chi connectivity index (χ1n) is 6.37. The zero-order valence-corrected chi connectivity index (χ0v) is 10.9. The van der Waals surface area contributed by atoms with Crippen molar-refractivity contribution in [2.45, 2.75) is 19.4 Å². The third-order valence-electron chi connectivity index (χ3n) is 4.05. The molecule has 90 valence electrons. The second-order valence-electron chi connectivity index (χ2n) is 5.36. The Labute approximate surface area is 104 Å². The normalized spacial score (nSPS) is 28.6. The van der Waals surface area contributed by atoms with E-state index in [0.717, 1.165) is 6.54 Å². The molecule has 1 atom stereocenters. The largest absolute Gasteiger partial charge is 0.367 e. The number of fused-ring (bicyclic) bond motifs is 2. The summed E-state index contributed by atoms with van der Waals surface area (Å²) in [6, 6.07) is 0.459. The summed E-state index contributed by atoms with van der Waals surface area (Å²) in [6.07, 6.45) is 10.3. The summed E-state index contributed by atoms with van der Waals surface area (Å²) in [4.78, 5) is 4.88. The highest BCUT2D eigenvalue weighted by molar-refractivity contribution is 5.53. The highest BCUT2D eigenvalue weighted by atomic mass is 15.2. The second-order valence-corrected chi connectivity index (χ2v) is 5.36. The maximum absolute atomic E-state index is 2.46. The lowest BCUT2D eigenvalue weighted by Crippen LogP contribution is -2.29. The predicted molar refractivity (Wildman–Crippen MR) is 71.7 cm³/mol. The average Bonchev–Trinajstić information content (AvgIpc) is 2.48. The molecule has 0 aromatic rings. The Morgan fingerprint density at radius 3 is 2.94 bits per heavy atom. The molecule has 3 aliphatic rings. The van der Waals surface area contributed by atoms with Crippen molar-refractivity contribution in [3.05, 3.63) is 46.7 Å². The van der Waals surface area contributed by atoms with Crippen LogP contribution in [0.15, 0.2) is 46.7 Å². The highest BCUT2D eigenvalue weighted by Gasteiger charge is 2.34. The molecule has 3 rings (SSSR count). The summed E-state index contributed by atoms with van der Waals surface area (Å²) >= 11 is 0. The average molecular weight is 228 g/mol. The van der Waals surface area contributed by atoms with Gasteiger partial charge in [0.1, 0.15) is 0 Å². The van der Waals surface area contributed by atoms with Gasteiger partial charge in [0.2, 0.25) is 0 Å². The number of hydrogen-bond donors (Lipinski definition) is 0. The van der Waals surface area contributed by atoms with E-state index in [9.17, 15) is 0 Å². The lowest BCUT2D eigenvalue weighted by Gasteiger charge is -2.27. The van der Waals surface area contributed by atoms with E-state index in [-0.39, 0.29) is 0 Å². The van der Waals surface area contributed by atoms with Gasteiger partial charge in [-0.3, -0.25) is 0 Å². The van der Waals surface area contributed by atoms with Crippen LogP contribution in [0.3, 0.4) is 0 Å². The molecule has 0 N–H and O–H groups in total. The number of hydrogen-bond acceptors (Lipinski definition) is 2. The molecule has 17 heavy (non-hydrogen) atoms. The van der Waals surface area contributed by atoms with Gasteiger partial charge in [-0.05, 0) is 25.1 Å². The van der Waals surface area contributed by atoms with Gasteiger partial charge < -0.3 is 9.80 Å². The maximum Gasteiger partial charge on any atom is 0.0727 e. The summed E-state index contributed by atoms with van der Waals surface area (Å²) in [5.74, 6) is 0. The Morgan fingerprint density at radius 1 is 1.29 bits per heavy atom. The molecular weight excluding hydrogens is 208 g/mol. The topological polar surface area (TPSA) is 6.48 Å². The van der Waals surface area contributed by atoms with E-state index in [1.807, 2.05) is 0 Å². The molecule has 0 radical (unpaired) electrons. The molecule has 2 nitrogen and oxygen atoms in total. The van der Waals surface area contributed by atoms with Crippen molar-refractivity contribution in [2.24, 2.45) is 0 Å². The Balaban J connectivity index is 2.07. The van der Waals surface area contributed by atoms with E-state index in [1.54, 1.807) is 11.3 Å². The van der Waals surface area contributed by atoms with E-state index in [2.05, 4.69) is 55.1 Å². The Kier molecular flexibility index (Phi) is 2.48. The van der Waals surface area contributed by atoms with Crippen LogP contribution in [0.25, 0.3) is 0 Å². The van der Waals surface area contributed by atoms with Gasteiger partial charge in [-0.25, -0.2) is 0 Å². The third-order valence-corrected chi connectivity index (χ3v) is 4.05. The molecular formula is C15H20N2. The lowest BCUT2D eigenvalue weighted by molar-refractivity contribution is 0.319. The van der Waals surface area contributed by atoms with Crippen LogP contribution in [-0.2, 0) is 0 Å². The van der Waals surface area contributed by atoms with Crippen molar-refractivity contribution in [2.75, 3.05) is 27.2 Å². The van der Waals surface area contributed by atoms with Crippen LogP contribution < -0.4 is 0 Å². The van der Waals surface area contributed by atoms with Gasteiger partial charge in [0.05, 0.1) is 6.04 Å². The standard InChI is InChI=1S/C15H20N2/c1-11-5-4-6-14-12(9-11)13-10-16(2)8-7-15(13)17(14)3/h4-6,9,14H,7-8,10H2,1-3H3. The Bertz CT molecular complexity index is 465. The van der Waals surface area contributed by atoms with Crippen molar-refractivity contribution in [3.63, 3.8) is 0 Å². The minimum Gasteiger partial charge on any atom is -0.367 e. The van der Waals surface area contributed by atoms with Crippen LogP contribution in [0.2, 0.25) is 0 Å². The van der Waals surface area contributed by atoms with E-state index < -0.39 is 0 Å². The molecule has 0 fully saturated rings. The van der Waals surface area contributed by atoms with Crippen LogP contribution in [0, 0.1) is 0 Å². The van der Waals surface area contributed by atoms with Gasteiger partial charge in [-0.2, -0.15) is 0 Å². The number of likely N-dealkylation sites (N-methyl/N-ethyl adjacent to an activating group) is 2. The fraction of sp³-hybridized carbons (Fsp3) is 0.467. The van der Waals surface area contributed by atoms with Gasteiger partial charge in [0.15, 0.2) is 0 Å². The fourth-order valence-corrected chi connectivity index (χ4v) is 3.10. The molecule has 0 amide bonds. The van der Waals surface area contributed by atoms with E-state index in [0.29, 0.717) is 6.04 Å². The number of allylic oxidation sites excluding steroid dienone is 4. The summed E-state index contributed by atoms with van der Waals surface area (Å²) < 4.78 is 0. The van der Waals surface area contributed by atoms with Crippen molar-refractivity contribution < 1.29 is 0 Å². The van der Waals surface area contributed by atoms with Crippen LogP contribution >= 0.6 is 0 Å². The molecule has 2 aliphatic heterocycles. The van der Waals surface area contributed by atoms with Gasteiger partial charge in [0.25, 0.3) is 0 Å². The molecule has 0 aromatic carbocycles. The molecule has 0 saturated heterocycles. The van der Waals surface area contributed by atoms with Crippen molar-refractivity contribution in [1.82, 2.24) is 9.80 Å². The van der Waals surface area contributed by atoms with E-state index in [1.165, 1.54) is 24.1 Å². The van der Waals surface area contributed by atoms with Gasteiger partial charge in [-0.15, -0.1) is 0 Å². The van der Waals surface area contributed by atoms with Crippen LogP contribution in [0.5, 0.6) is 0 Å². The summed E-state index contributed by atoms with van der Waals surface area (Å²) in [5, 5.41) is 0. The third kappa shape index (κ3) is 1.67. The van der Waals surface area contributed by atoms with Crippen LogP contribution in [0.4, 0.5) is 0 Å². The Morgan fingerprint density at radius 2 is 2.12 bits per heavy atom. The first-order valence-corrected chi connectivity index (χ1v) is 6.37. The minimum absolute atomic E-state index is 0.459. The van der Waals surface area contributed by atoms with Gasteiger partial charge in [-0.1, -0.05) is 29.9 Å². The fourth-order valence-electron chi connectivity index (χ4n) is 3.10. The summed E-state index contributed by atoms with van der Waals surface area (Å²) in [6.45, 7) is 4.47. The van der Waals surface area contributed by atoms with Crippen molar-refractivity contribution in [3.8, 4) is 0 Å². The summed E-state index contributed by atoms with van der Waals surface area (Å²) in [7, 11) is 4.45. The highest BCUT2D eigenvalue weighted by Crippen LogP contribution is 2.38. The van der Waals surface area contributed by atoms with Crippen molar-refractivity contribution in [1.29, 1.82) is 0 Å². The molecule has 0 spiro atoms. The van der Waals surface area contributed by atoms with Crippen LogP contribution in [-0.4, -0.2) is 43.0 Å². The van der Waals surface area contributed by atoms with E-state index >= 15 is 0 Å². The quantitative estimate of drug-likeness (QED) is 0.628. The molecule has 1 aliphatic carbocycles. The minimum atomic E-state index is 0.459. The smallest absolute Gasteiger partial charge is 0.0727 e. The van der Waals surface area contributed by atoms with E-state index in [4.69, 9.17) is 0 Å². The van der Waals surface area contributed by atoms with Gasteiger partial charge in [0, 0.05) is 32.3 Å². The SMILES string of the molecule is CC1=CC=CC2C(=C1)C1=C(CCN(C)C1)N2C. The molecule has 0 saturated carbocycles. The van der Waals surface area contributed by atoms with Crippen molar-refractivity contribution >= 4 is 0 Å².